The Balaban J connectivity index is 1.34. The molecular formula is C26H31FN2O7P2S. The van der Waals surface area contributed by atoms with Gasteiger partial charge < -0.3 is 22.8 Å². The van der Waals surface area contributed by atoms with E-state index in [2.05, 4.69) is 4.98 Å². The molecule has 13 heteroatoms. The van der Waals surface area contributed by atoms with Crippen LogP contribution in [-0.4, -0.2) is 41.0 Å². The highest BCUT2D eigenvalue weighted by Crippen LogP contribution is 2.82. The van der Waals surface area contributed by atoms with Crippen LogP contribution in [-0.2, 0) is 33.6 Å². The predicted molar refractivity (Wildman–Crippen MR) is 146 cm³/mol. The Morgan fingerprint density at radius 1 is 0.949 bits per heavy atom. The first-order valence-electron chi connectivity index (χ1n) is 12.7. The standard InChI is InChI=1S/C26H31FN2O7P2S/c1-15-16(2)34-37(30,33-15)26(38(31)35-17(3)18(4)36-38)21-6-7-24(22(27)14-21)32-13-10-23-19(5)39-25(29-23)20-8-11-28-12-9-20/h6-9,11-12,14-18,26H,10,13H2,1-5H3. The maximum absolute atomic E-state index is 15.3. The third kappa shape index (κ3) is 5.77. The monoisotopic (exact) mass is 596 g/mol. The second kappa shape index (κ2) is 11.1. The number of halogens is 1. The van der Waals surface area contributed by atoms with Crippen molar-refractivity contribution in [2.75, 3.05) is 6.61 Å². The van der Waals surface area contributed by atoms with E-state index in [0.29, 0.717) is 6.42 Å². The lowest BCUT2D eigenvalue weighted by molar-refractivity contribution is 0.187. The Labute approximate surface area is 231 Å². The molecule has 2 aliphatic heterocycles. The molecule has 0 saturated carbocycles. The van der Waals surface area contributed by atoms with E-state index in [-0.39, 0.29) is 17.9 Å². The summed E-state index contributed by atoms with van der Waals surface area (Å²) in [6.07, 6.45) is 1.88. The van der Waals surface area contributed by atoms with Crippen molar-refractivity contribution < 1.29 is 36.4 Å². The summed E-state index contributed by atoms with van der Waals surface area (Å²) in [5.41, 5.74) is 1.99. The van der Waals surface area contributed by atoms with E-state index in [0.717, 1.165) is 27.2 Å². The second-order valence-electron chi connectivity index (χ2n) is 9.74. The average Bonchev–Trinajstić information content (AvgIpc) is 3.47. The van der Waals surface area contributed by atoms with Crippen LogP contribution < -0.4 is 4.74 Å². The van der Waals surface area contributed by atoms with E-state index < -0.39 is 50.8 Å². The quantitative estimate of drug-likeness (QED) is 0.248. The molecule has 0 amide bonds. The first-order valence-corrected chi connectivity index (χ1v) is 16.7. The lowest BCUT2D eigenvalue weighted by Crippen LogP contribution is -2.13. The van der Waals surface area contributed by atoms with Crippen molar-refractivity contribution in [1.82, 2.24) is 9.97 Å². The number of thiazole rings is 1. The van der Waals surface area contributed by atoms with Gasteiger partial charge in [-0.15, -0.1) is 11.3 Å². The van der Waals surface area contributed by atoms with Gasteiger partial charge in [-0.05, 0) is 64.4 Å². The summed E-state index contributed by atoms with van der Waals surface area (Å²) in [5.74, 6) is -0.704. The first-order chi connectivity index (χ1) is 18.5. The molecule has 0 bridgehead atoms. The Morgan fingerprint density at radius 2 is 1.51 bits per heavy atom. The average molecular weight is 597 g/mol. The van der Waals surface area contributed by atoms with Crippen LogP contribution >= 0.6 is 26.5 Å². The number of ether oxygens (including phenoxy) is 1. The van der Waals surface area contributed by atoms with E-state index in [1.54, 1.807) is 51.4 Å². The fraction of sp³-hybridized carbons (Fsp3) is 0.462. The molecule has 5 rings (SSSR count). The molecule has 0 spiro atoms. The number of nitrogens with zero attached hydrogens (tertiary/aromatic N) is 2. The molecule has 2 fully saturated rings. The highest BCUT2D eigenvalue weighted by atomic mass is 32.1. The molecule has 4 atom stereocenters. The zero-order valence-electron chi connectivity index (χ0n) is 22.3. The molecule has 0 radical (unpaired) electrons. The van der Waals surface area contributed by atoms with Gasteiger partial charge in [-0.3, -0.25) is 14.1 Å². The van der Waals surface area contributed by atoms with Crippen LogP contribution in [0.3, 0.4) is 0 Å². The van der Waals surface area contributed by atoms with Gasteiger partial charge in [0, 0.05) is 29.3 Å². The van der Waals surface area contributed by atoms with Gasteiger partial charge in [-0.25, -0.2) is 9.37 Å². The third-order valence-corrected chi connectivity index (χ3v) is 13.9. The van der Waals surface area contributed by atoms with Crippen molar-refractivity contribution in [3.63, 3.8) is 0 Å². The number of aryl methyl sites for hydroxylation is 1. The normalized spacial score (nSPS) is 31.4. The van der Waals surface area contributed by atoms with Crippen LogP contribution in [0.1, 0.15) is 49.2 Å². The molecule has 3 aromatic rings. The maximum atomic E-state index is 15.3. The lowest BCUT2D eigenvalue weighted by Gasteiger charge is -2.26. The zero-order valence-corrected chi connectivity index (χ0v) is 24.9. The summed E-state index contributed by atoms with van der Waals surface area (Å²) in [6.45, 7) is 9.02. The Hall–Kier alpha value is -1.97. The van der Waals surface area contributed by atoms with Gasteiger partial charge in [-0.1, -0.05) is 6.07 Å². The molecule has 2 saturated heterocycles. The van der Waals surface area contributed by atoms with E-state index in [1.807, 2.05) is 19.1 Å². The van der Waals surface area contributed by atoms with Crippen LogP contribution in [0.5, 0.6) is 5.75 Å². The van der Waals surface area contributed by atoms with E-state index in [9.17, 15) is 9.13 Å². The van der Waals surface area contributed by atoms with Crippen molar-refractivity contribution in [3.8, 4) is 16.3 Å². The zero-order chi connectivity index (χ0) is 27.9. The predicted octanol–water partition coefficient (Wildman–Crippen LogP) is 7.31. The smallest absolute Gasteiger partial charge is 0.350 e. The van der Waals surface area contributed by atoms with Gasteiger partial charge in [0.1, 0.15) is 5.01 Å². The summed E-state index contributed by atoms with van der Waals surface area (Å²) in [6, 6.07) is 7.85. The van der Waals surface area contributed by atoms with Crippen LogP contribution in [0.15, 0.2) is 42.7 Å². The highest BCUT2D eigenvalue weighted by molar-refractivity contribution is 7.72. The fourth-order valence-electron chi connectivity index (χ4n) is 4.42. The molecule has 4 unspecified atom stereocenters. The fourth-order valence-corrected chi connectivity index (χ4v) is 11.6. The number of benzene rings is 1. The molecule has 210 valence electrons. The number of hydrogen-bond donors (Lipinski definition) is 0. The van der Waals surface area contributed by atoms with Gasteiger partial charge in [0.05, 0.1) is 36.7 Å². The first kappa shape index (κ1) is 28.6. The molecule has 9 nitrogen and oxygen atoms in total. The van der Waals surface area contributed by atoms with Gasteiger partial charge in [-0.2, -0.15) is 0 Å². The molecular weight excluding hydrogens is 565 g/mol. The third-order valence-electron chi connectivity index (χ3n) is 6.84. The largest absolute Gasteiger partial charge is 0.490 e. The Kier molecular flexibility index (Phi) is 8.15. The second-order valence-corrected chi connectivity index (χ2v) is 15.4. The van der Waals surface area contributed by atoms with Crippen LogP contribution in [0.2, 0.25) is 0 Å². The molecule has 0 N–H and O–H groups in total. The minimum absolute atomic E-state index is 0.00120. The molecule has 2 aliphatic rings. The van der Waals surface area contributed by atoms with Crippen molar-refractivity contribution in [2.45, 2.75) is 70.9 Å². The summed E-state index contributed by atoms with van der Waals surface area (Å²) < 4.78 is 71.5. The molecule has 0 aliphatic carbocycles. The molecule has 1 aromatic carbocycles. The SMILES string of the molecule is Cc1sc(-c2ccncc2)nc1CCOc1ccc(C(P2(=O)OC(C)C(C)O2)P2(=O)OC(C)C(C)O2)cc1F. The van der Waals surface area contributed by atoms with Crippen LogP contribution in [0.25, 0.3) is 10.6 Å². The summed E-state index contributed by atoms with van der Waals surface area (Å²) in [4.78, 5) is 9.79. The summed E-state index contributed by atoms with van der Waals surface area (Å²) in [5, 5.41) is -0.547. The van der Waals surface area contributed by atoms with E-state index >= 15 is 4.39 Å². The molecule has 2 aromatic heterocycles. The minimum Gasteiger partial charge on any atom is -0.490 e. The highest BCUT2D eigenvalue weighted by Gasteiger charge is 2.60. The number of pyridine rings is 1. The minimum atomic E-state index is -4.04. The van der Waals surface area contributed by atoms with E-state index in [4.69, 9.17) is 27.8 Å². The van der Waals surface area contributed by atoms with Crippen LogP contribution in [0, 0.1) is 12.7 Å². The maximum Gasteiger partial charge on any atom is 0.350 e. The van der Waals surface area contributed by atoms with Crippen molar-refractivity contribution in [2.24, 2.45) is 0 Å². The Bertz CT molecular complexity index is 1370. The van der Waals surface area contributed by atoms with Crippen LogP contribution in [0.4, 0.5) is 4.39 Å². The summed E-state index contributed by atoms with van der Waals surface area (Å²) >= 11 is 1.58. The van der Waals surface area contributed by atoms with Crippen molar-refractivity contribution >= 4 is 26.5 Å². The van der Waals surface area contributed by atoms with E-state index in [1.165, 1.54) is 12.1 Å². The van der Waals surface area contributed by atoms with Gasteiger partial charge >= 0.3 is 15.2 Å². The summed E-state index contributed by atoms with van der Waals surface area (Å²) in [7, 11) is -8.08. The van der Waals surface area contributed by atoms with Gasteiger partial charge in [0.15, 0.2) is 17.0 Å². The lowest BCUT2D eigenvalue weighted by atomic mass is 10.2. The van der Waals surface area contributed by atoms with Crippen molar-refractivity contribution in [3.05, 3.63) is 64.7 Å². The number of rotatable bonds is 8. The van der Waals surface area contributed by atoms with Gasteiger partial charge in [0.25, 0.3) is 0 Å². The molecule has 4 heterocycles. The Morgan fingerprint density at radius 3 is 2.05 bits per heavy atom. The number of aromatic nitrogens is 2. The van der Waals surface area contributed by atoms with Gasteiger partial charge in [0.2, 0.25) is 0 Å². The number of hydrogen-bond acceptors (Lipinski definition) is 10. The molecule has 39 heavy (non-hydrogen) atoms. The van der Waals surface area contributed by atoms with Crippen molar-refractivity contribution in [1.29, 1.82) is 0 Å². The topological polar surface area (TPSA) is 106 Å².